The van der Waals surface area contributed by atoms with Gasteiger partial charge in [0, 0.05) is 13.0 Å². The van der Waals surface area contributed by atoms with E-state index in [1.54, 1.807) is 0 Å². The molecule has 2 rings (SSSR count). The monoisotopic (exact) mass is 227 g/mol. The molecule has 2 atom stereocenters. The molecule has 0 radical (unpaired) electrons. The number of Topliss-reactive ketones (excluding diaryl/α,β-unsaturated/α-hetero) is 1. The second kappa shape index (κ2) is 4.21. The third kappa shape index (κ3) is 1.92. The first-order valence-corrected chi connectivity index (χ1v) is 5.26. The van der Waals surface area contributed by atoms with Gasteiger partial charge >= 0.3 is 5.97 Å². The van der Waals surface area contributed by atoms with Gasteiger partial charge in [-0.3, -0.25) is 9.59 Å². The average molecular weight is 227 g/mol. The number of likely N-dealkylation sites (tertiary alicyclic amines) is 1. The second-order valence-corrected chi connectivity index (χ2v) is 4.06. The summed E-state index contributed by atoms with van der Waals surface area (Å²) < 4.78 is 5.20. The van der Waals surface area contributed by atoms with Crippen molar-refractivity contribution >= 4 is 17.7 Å². The number of carboxylic acids is 1. The number of carbonyl (C=O) groups is 3. The SMILES string of the molecule is O=C1CC(C(=O)O)N(C(=O)C2CCCO2)C1. The van der Waals surface area contributed by atoms with Crippen molar-refractivity contribution in [3.63, 3.8) is 0 Å². The fourth-order valence-electron chi connectivity index (χ4n) is 2.10. The van der Waals surface area contributed by atoms with Crippen LogP contribution < -0.4 is 0 Å². The fourth-order valence-corrected chi connectivity index (χ4v) is 2.10. The molecular formula is C10H13NO5. The minimum absolute atomic E-state index is 0.0895. The highest BCUT2D eigenvalue weighted by molar-refractivity contribution is 5.97. The molecule has 2 fully saturated rings. The van der Waals surface area contributed by atoms with Crippen molar-refractivity contribution in [2.24, 2.45) is 0 Å². The molecule has 16 heavy (non-hydrogen) atoms. The summed E-state index contributed by atoms with van der Waals surface area (Å²) in [6.45, 7) is 0.422. The molecule has 0 aromatic rings. The minimum Gasteiger partial charge on any atom is -0.480 e. The molecule has 2 saturated heterocycles. The summed E-state index contributed by atoms with van der Waals surface area (Å²) in [6.07, 6.45) is 0.757. The van der Waals surface area contributed by atoms with Crippen LogP contribution >= 0.6 is 0 Å². The zero-order valence-electron chi connectivity index (χ0n) is 8.72. The lowest BCUT2D eigenvalue weighted by molar-refractivity contribution is -0.152. The maximum atomic E-state index is 11.9. The maximum absolute atomic E-state index is 11.9. The van der Waals surface area contributed by atoms with Crippen LogP contribution in [0.15, 0.2) is 0 Å². The van der Waals surface area contributed by atoms with Gasteiger partial charge in [0.25, 0.3) is 5.91 Å². The van der Waals surface area contributed by atoms with Crippen LogP contribution in [0.3, 0.4) is 0 Å². The van der Waals surface area contributed by atoms with E-state index in [2.05, 4.69) is 0 Å². The van der Waals surface area contributed by atoms with Crippen LogP contribution in [0.5, 0.6) is 0 Å². The molecule has 0 bridgehead atoms. The summed E-state index contributed by atoms with van der Waals surface area (Å²) in [5.41, 5.74) is 0. The molecule has 0 aromatic carbocycles. The van der Waals surface area contributed by atoms with Crippen molar-refractivity contribution in [1.29, 1.82) is 0 Å². The average Bonchev–Trinajstić information content (AvgIpc) is 2.84. The molecule has 0 aliphatic carbocycles. The van der Waals surface area contributed by atoms with E-state index < -0.39 is 18.1 Å². The van der Waals surface area contributed by atoms with Crippen LogP contribution in [-0.2, 0) is 19.1 Å². The highest BCUT2D eigenvalue weighted by Crippen LogP contribution is 2.21. The van der Waals surface area contributed by atoms with Crippen molar-refractivity contribution in [1.82, 2.24) is 4.90 Å². The molecule has 88 valence electrons. The lowest BCUT2D eigenvalue weighted by Crippen LogP contribution is -2.45. The Hall–Kier alpha value is -1.43. The topological polar surface area (TPSA) is 83.9 Å². The normalized spacial score (nSPS) is 29.8. The Kier molecular flexibility index (Phi) is 2.91. The summed E-state index contributed by atoms with van der Waals surface area (Å²) in [6, 6.07) is -1.01. The third-order valence-corrected chi connectivity index (χ3v) is 2.92. The number of hydrogen-bond acceptors (Lipinski definition) is 4. The van der Waals surface area contributed by atoms with Gasteiger partial charge in [0.05, 0.1) is 6.54 Å². The fraction of sp³-hybridized carbons (Fsp3) is 0.700. The Bertz CT molecular complexity index is 334. The molecular weight excluding hydrogens is 214 g/mol. The van der Waals surface area contributed by atoms with Gasteiger partial charge in [-0.05, 0) is 12.8 Å². The summed E-state index contributed by atoms with van der Waals surface area (Å²) >= 11 is 0. The number of hydrogen-bond donors (Lipinski definition) is 1. The van der Waals surface area contributed by atoms with Crippen molar-refractivity contribution in [3.8, 4) is 0 Å². The first-order valence-electron chi connectivity index (χ1n) is 5.26. The molecule has 0 saturated carbocycles. The van der Waals surface area contributed by atoms with E-state index in [9.17, 15) is 14.4 Å². The number of nitrogens with zero attached hydrogens (tertiary/aromatic N) is 1. The number of aliphatic carboxylic acids is 1. The van der Waals surface area contributed by atoms with E-state index in [1.165, 1.54) is 0 Å². The molecule has 1 amide bonds. The lowest BCUT2D eigenvalue weighted by atomic mass is 10.2. The largest absolute Gasteiger partial charge is 0.480 e. The van der Waals surface area contributed by atoms with Gasteiger partial charge in [-0.25, -0.2) is 4.79 Å². The van der Waals surface area contributed by atoms with Crippen LogP contribution in [0, 0.1) is 0 Å². The highest BCUT2D eigenvalue weighted by Gasteiger charge is 2.41. The number of ether oxygens (including phenoxy) is 1. The first-order chi connectivity index (χ1) is 7.59. The van der Waals surface area contributed by atoms with Gasteiger partial charge in [0.15, 0.2) is 5.78 Å². The van der Waals surface area contributed by atoms with E-state index >= 15 is 0 Å². The molecule has 2 heterocycles. The van der Waals surface area contributed by atoms with Crippen molar-refractivity contribution < 1.29 is 24.2 Å². The van der Waals surface area contributed by atoms with Crippen LogP contribution in [0.1, 0.15) is 19.3 Å². The van der Waals surface area contributed by atoms with Gasteiger partial charge in [0.1, 0.15) is 12.1 Å². The Morgan fingerprint density at radius 3 is 2.75 bits per heavy atom. The second-order valence-electron chi connectivity index (χ2n) is 4.06. The van der Waals surface area contributed by atoms with Crippen molar-refractivity contribution in [3.05, 3.63) is 0 Å². The summed E-state index contributed by atoms with van der Waals surface area (Å²) in [5, 5.41) is 8.91. The molecule has 2 unspecified atom stereocenters. The van der Waals surface area contributed by atoms with Crippen LogP contribution in [-0.4, -0.2) is 53.0 Å². The predicted octanol–water partition coefficient (Wildman–Crippen LogP) is -0.580. The van der Waals surface area contributed by atoms with Crippen molar-refractivity contribution in [2.75, 3.05) is 13.2 Å². The standard InChI is InChI=1S/C10H13NO5/c12-6-4-7(10(14)15)11(5-6)9(13)8-2-1-3-16-8/h7-8H,1-5H2,(H,14,15). The smallest absolute Gasteiger partial charge is 0.326 e. The van der Waals surface area contributed by atoms with Gasteiger partial charge in [-0.1, -0.05) is 0 Å². The number of amides is 1. The van der Waals surface area contributed by atoms with Gasteiger partial charge in [-0.15, -0.1) is 0 Å². The van der Waals surface area contributed by atoms with E-state index in [1.807, 2.05) is 0 Å². The summed E-state index contributed by atoms with van der Waals surface area (Å²) in [7, 11) is 0. The number of ketones is 1. The summed E-state index contributed by atoms with van der Waals surface area (Å²) in [5.74, 6) is -1.70. The van der Waals surface area contributed by atoms with Gasteiger partial charge < -0.3 is 14.7 Å². The Labute approximate surface area is 92.2 Å². The zero-order chi connectivity index (χ0) is 11.7. The van der Waals surface area contributed by atoms with Crippen LogP contribution in [0.25, 0.3) is 0 Å². The quantitative estimate of drug-likeness (QED) is 0.682. The predicted molar refractivity (Wildman–Crippen MR) is 51.7 cm³/mol. The van der Waals surface area contributed by atoms with Crippen LogP contribution in [0.4, 0.5) is 0 Å². The Morgan fingerprint density at radius 1 is 1.44 bits per heavy atom. The minimum atomic E-state index is -1.13. The number of rotatable bonds is 2. The zero-order valence-corrected chi connectivity index (χ0v) is 8.72. The molecule has 0 spiro atoms. The molecule has 2 aliphatic rings. The van der Waals surface area contributed by atoms with E-state index in [0.717, 1.165) is 11.3 Å². The molecule has 1 N–H and O–H groups in total. The Morgan fingerprint density at radius 2 is 2.19 bits per heavy atom. The first kappa shape index (κ1) is 11.1. The maximum Gasteiger partial charge on any atom is 0.326 e. The van der Waals surface area contributed by atoms with E-state index in [0.29, 0.717) is 13.0 Å². The van der Waals surface area contributed by atoms with E-state index in [-0.39, 0.29) is 24.7 Å². The lowest BCUT2D eigenvalue weighted by Gasteiger charge is -2.23. The molecule has 6 heteroatoms. The molecule has 6 nitrogen and oxygen atoms in total. The summed E-state index contributed by atoms with van der Waals surface area (Å²) in [4.78, 5) is 35.1. The van der Waals surface area contributed by atoms with Gasteiger partial charge in [0.2, 0.25) is 0 Å². The molecule has 0 aromatic heterocycles. The Balaban J connectivity index is 2.09. The third-order valence-electron chi connectivity index (χ3n) is 2.92. The number of carboxylic acid groups (broad SMARTS) is 1. The number of carbonyl (C=O) groups excluding carboxylic acids is 2. The highest BCUT2D eigenvalue weighted by atomic mass is 16.5. The van der Waals surface area contributed by atoms with Gasteiger partial charge in [-0.2, -0.15) is 0 Å². The van der Waals surface area contributed by atoms with Crippen molar-refractivity contribution in [2.45, 2.75) is 31.4 Å². The van der Waals surface area contributed by atoms with E-state index in [4.69, 9.17) is 9.84 Å². The van der Waals surface area contributed by atoms with Crippen LogP contribution in [0.2, 0.25) is 0 Å². The molecule has 2 aliphatic heterocycles.